The van der Waals surface area contributed by atoms with Crippen molar-refractivity contribution in [3.05, 3.63) is 0 Å². The molecule has 2 N–H and O–H groups in total. The first-order chi connectivity index (χ1) is 6.29. The third-order valence-electron chi connectivity index (χ3n) is 3.50. The largest absolute Gasteiger partial charge is 0.481 e. The Morgan fingerprint density at radius 1 is 1.23 bits per heavy atom. The number of rotatable bonds is 1. The Hall–Kier alpha value is -0.570. The SMILES string of the molecule is O=C(O)[C@H]1CCC[C@@H]2NCCC[C@@H]21. The molecule has 2 rings (SSSR count). The van der Waals surface area contributed by atoms with E-state index < -0.39 is 5.97 Å². The second kappa shape index (κ2) is 3.66. The molecule has 74 valence electrons. The van der Waals surface area contributed by atoms with Gasteiger partial charge in [0.1, 0.15) is 0 Å². The molecule has 1 aliphatic carbocycles. The molecule has 1 saturated carbocycles. The molecule has 0 spiro atoms. The van der Waals surface area contributed by atoms with Gasteiger partial charge in [-0.15, -0.1) is 0 Å². The highest BCUT2D eigenvalue weighted by molar-refractivity contribution is 5.70. The number of fused-ring (bicyclic) bond motifs is 1. The average molecular weight is 183 g/mol. The summed E-state index contributed by atoms with van der Waals surface area (Å²) in [7, 11) is 0. The van der Waals surface area contributed by atoms with Crippen molar-refractivity contribution in [3.63, 3.8) is 0 Å². The number of carbonyl (C=O) groups is 1. The maximum Gasteiger partial charge on any atom is 0.306 e. The quantitative estimate of drug-likeness (QED) is 0.643. The number of aliphatic carboxylic acids is 1. The summed E-state index contributed by atoms with van der Waals surface area (Å²) < 4.78 is 0. The molecule has 0 aromatic carbocycles. The zero-order valence-electron chi connectivity index (χ0n) is 7.83. The molecule has 0 unspecified atom stereocenters. The van der Waals surface area contributed by atoms with Crippen LogP contribution in [0.5, 0.6) is 0 Å². The maximum absolute atomic E-state index is 11.0. The molecule has 1 aliphatic heterocycles. The Bertz CT molecular complexity index is 203. The van der Waals surface area contributed by atoms with Crippen LogP contribution in [0, 0.1) is 11.8 Å². The first kappa shape index (κ1) is 9.00. The van der Waals surface area contributed by atoms with E-state index in [1.165, 1.54) is 6.42 Å². The third-order valence-corrected chi connectivity index (χ3v) is 3.50. The Morgan fingerprint density at radius 3 is 2.85 bits per heavy atom. The summed E-state index contributed by atoms with van der Waals surface area (Å²) in [5.41, 5.74) is 0. The summed E-state index contributed by atoms with van der Waals surface area (Å²) in [6.07, 6.45) is 5.39. The maximum atomic E-state index is 11.0. The summed E-state index contributed by atoms with van der Waals surface area (Å²) in [5.74, 6) is -0.259. The van der Waals surface area contributed by atoms with Crippen molar-refractivity contribution in [1.29, 1.82) is 0 Å². The molecule has 13 heavy (non-hydrogen) atoms. The van der Waals surface area contributed by atoms with E-state index in [0.717, 1.165) is 32.2 Å². The summed E-state index contributed by atoms with van der Waals surface area (Å²) in [4.78, 5) is 11.0. The summed E-state index contributed by atoms with van der Waals surface area (Å²) in [6.45, 7) is 1.08. The normalized spacial score (nSPS) is 39.5. The lowest BCUT2D eigenvalue weighted by molar-refractivity contribution is -0.146. The fraction of sp³-hybridized carbons (Fsp3) is 0.900. The number of piperidine rings is 1. The van der Waals surface area contributed by atoms with Gasteiger partial charge in [-0.25, -0.2) is 0 Å². The van der Waals surface area contributed by atoms with Gasteiger partial charge in [-0.1, -0.05) is 6.42 Å². The van der Waals surface area contributed by atoms with Crippen molar-refractivity contribution in [2.45, 2.75) is 38.1 Å². The molecule has 0 amide bonds. The van der Waals surface area contributed by atoms with Crippen molar-refractivity contribution in [3.8, 4) is 0 Å². The molecule has 3 heteroatoms. The van der Waals surface area contributed by atoms with E-state index >= 15 is 0 Å². The van der Waals surface area contributed by atoms with Crippen LogP contribution in [0.4, 0.5) is 0 Å². The lowest BCUT2D eigenvalue weighted by atomic mass is 9.72. The van der Waals surface area contributed by atoms with E-state index in [1.807, 2.05) is 0 Å². The highest BCUT2D eigenvalue weighted by atomic mass is 16.4. The number of nitrogens with one attached hydrogen (secondary N) is 1. The van der Waals surface area contributed by atoms with Crippen molar-refractivity contribution in [2.24, 2.45) is 11.8 Å². The first-order valence-electron chi connectivity index (χ1n) is 5.25. The molecular formula is C10H17NO2. The standard InChI is InChI=1S/C10H17NO2/c12-10(13)8-3-1-5-9-7(8)4-2-6-11-9/h7-9,11H,1-6H2,(H,12,13)/t7-,8+,9+/m1/s1. The Balaban J connectivity index is 2.06. The molecule has 0 bridgehead atoms. The number of hydrogen-bond donors (Lipinski definition) is 2. The minimum atomic E-state index is -0.585. The van der Waals surface area contributed by atoms with Crippen LogP contribution in [0.2, 0.25) is 0 Å². The van der Waals surface area contributed by atoms with Gasteiger partial charge in [0.2, 0.25) is 0 Å². The molecule has 1 heterocycles. The number of carboxylic acid groups (broad SMARTS) is 1. The van der Waals surface area contributed by atoms with Crippen LogP contribution >= 0.6 is 0 Å². The van der Waals surface area contributed by atoms with E-state index in [4.69, 9.17) is 5.11 Å². The Labute approximate surface area is 78.5 Å². The smallest absolute Gasteiger partial charge is 0.306 e. The van der Waals surface area contributed by atoms with Crippen molar-refractivity contribution in [1.82, 2.24) is 5.32 Å². The van der Waals surface area contributed by atoms with Gasteiger partial charge in [0, 0.05) is 6.04 Å². The van der Waals surface area contributed by atoms with Gasteiger partial charge in [0.15, 0.2) is 0 Å². The second-order valence-electron chi connectivity index (χ2n) is 4.24. The van der Waals surface area contributed by atoms with Crippen molar-refractivity contribution < 1.29 is 9.90 Å². The van der Waals surface area contributed by atoms with Gasteiger partial charge < -0.3 is 10.4 Å². The molecule has 0 aromatic heterocycles. The summed E-state index contributed by atoms with van der Waals surface area (Å²) >= 11 is 0. The fourth-order valence-electron chi connectivity index (χ4n) is 2.85. The number of carboxylic acids is 1. The van der Waals surface area contributed by atoms with Gasteiger partial charge in [-0.3, -0.25) is 4.79 Å². The van der Waals surface area contributed by atoms with Crippen LogP contribution in [-0.2, 0) is 4.79 Å². The fourth-order valence-corrected chi connectivity index (χ4v) is 2.85. The third kappa shape index (κ3) is 1.70. The summed E-state index contributed by atoms with van der Waals surface area (Å²) in [5, 5.41) is 12.5. The summed E-state index contributed by atoms with van der Waals surface area (Å²) in [6, 6.07) is 0.489. The van der Waals surface area contributed by atoms with Gasteiger partial charge in [0.05, 0.1) is 5.92 Å². The molecule has 0 aromatic rings. The highest BCUT2D eigenvalue weighted by Crippen LogP contribution is 2.35. The highest BCUT2D eigenvalue weighted by Gasteiger charge is 2.38. The van der Waals surface area contributed by atoms with Crippen LogP contribution in [-0.4, -0.2) is 23.7 Å². The van der Waals surface area contributed by atoms with Crippen molar-refractivity contribution >= 4 is 5.97 Å². The minimum absolute atomic E-state index is 0.0773. The predicted molar refractivity (Wildman–Crippen MR) is 49.5 cm³/mol. The first-order valence-corrected chi connectivity index (χ1v) is 5.25. The number of hydrogen-bond acceptors (Lipinski definition) is 2. The Kier molecular flexibility index (Phi) is 2.54. The van der Waals surface area contributed by atoms with Crippen LogP contribution in [0.1, 0.15) is 32.1 Å². The monoisotopic (exact) mass is 183 g/mol. The molecule has 2 fully saturated rings. The van der Waals surface area contributed by atoms with Gasteiger partial charge >= 0.3 is 5.97 Å². The molecule has 0 radical (unpaired) electrons. The molecule has 2 aliphatic rings. The lowest BCUT2D eigenvalue weighted by Gasteiger charge is -2.40. The minimum Gasteiger partial charge on any atom is -0.481 e. The average Bonchev–Trinajstić information content (AvgIpc) is 2.17. The van der Waals surface area contributed by atoms with E-state index in [9.17, 15) is 4.79 Å². The topological polar surface area (TPSA) is 49.3 Å². The van der Waals surface area contributed by atoms with E-state index in [2.05, 4.69) is 5.32 Å². The van der Waals surface area contributed by atoms with Crippen LogP contribution < -0.4 is 5.32 Å². The zero-order chi connectivity index (χ0) is 9.26. The van der Waals surface area contributed by atoms with E-state index in [-0.39, 0.29) is 5.92 Å². The van der Waals surface area contributed by atoms with Gasteiger partial charge in [-0.05, 0) is 38.1 Å². The Morgan fingerprint density at radius 2 is 2.08 bits per heavy atom. The van der Waals surface area contributed by atoms with Gasteiger partial charge in [0.25, 0.3) is 0 Å². The van der Waals surface area contributed by atoms with Crippen LogP contribution in [0.3, 0.4) is 0 Å². The van der Waals surface area contributed by atoms with Crippen molar-refractivity contribution in [2.75, 3.05) is 6.54 Å². The lowest BCUT2D eigenvalue weighted by Crippen LogP contribution is -2.48. The second-order valence-corrected chi connectivity index (χ2v) is 4.24. The molecule has 1 saturated heterocycles. The van der Waals surface area contributed by atoms with E-state index in [0.29, 0.717) is 12.0 Å². The van der Waals surface area contributed by atoms with Crippen LogP contribution in [0.25, 0.3) is 0 Å². The molecule has 3 nitrogen and oxygen atoms in total. The van der Waals surface area contributed by atoms with E-state index in [1.54, 1.807) is 0 Å². The molecule has 3 atom stereocenters. The predicted octanol–water partition coefficient (Wildman–Crippen LogP) is 1.24. The zero-order valence-corrected chi connectivity index (χ0v) is 7.83. The van der Waals surface area contributed by atoms with Crippen LogP contribution in [0.15, 0.2) is 0 Å². The van der Waals surface area contributed by atoms with Gasteiger partial charge in [-0.2, -0.15) is 0 Å². The molecular weight excluding hydrogens is 166 g/mol.